The summed E-state index contributed by atoms with van der Waals surface area (Å²) in [5.41, 5.74) is 5.82. The molecule has 1 spiro atoms. The van der Waals surface area contributed by atoms with Gasteiger partial charge in [0.1, 0.15) is 11.9 Å². The summed E-state index contributed by atoms with van der Waals surface area (Å²) in [5.74, 6) is -4.16. The molecule has 256 valence electrons. The van der Waals surface area contributed by atoms with Crippen LogP contribution in [-0.4, -0.2) is 106 Å². The number of ether oxygens (including phenoxy) is 1. The van der Waals surface area contributed by atoms with Crippen LogP contribution in [0.2, 0.25) is 0 Å². The average Bonchev–Trinajstić information content (AvgIpc) is 3.25. The number of nitrogens with two attached hydrogens (primary N) is 1. The fourth-order valence-electron chi connectivity index (χ4n) is 5.77. The molecule has 6 N–H and O–H groups in total. The number of hydrogen-bond acceptors (Lipinski definition) is 8. The predicted molar refractivity (Wildman–Crippen MR) is 167 cm³/mol. The van der Waals surface area contributed by atoms with Crippen LogP contribution >= 0.6 is 0 Å². The molecule has 2 aliphatic heterocycles. The fourth-order valence-corrected chi connectivity index (χ4v) is 5.77. The number of aliphatic hydroxyl groups is 1. The number of rotatable bonds is 11. The summed E-state index contributed by atoms with van der Waals surface area (Å²) in [6, 6.07) is 14.9. The van der Waals surface area contributed by atoms with Gasteiger partial charge in [0.2, 0.25) is 17.7 Å². The second-order valence-electron chi connectivity index (χ2n) is 12.5. The number of aliphatic carboxylic acids is 2. The smallest absolute Gasteiger partial charge is 0.333 e. The molecule has 4 rings (SSSR count). The average molecular weight is 659 g/mol. The molecule has 2 aromatic rings. The Hall–Kier alpha value is -4.40. The fraction of sp³-hybridized carbons (Fsp3) is 0.485. The Morgan fingerprint density at radius 2 is 1.74 bits per heavy atom. The summed E-state index contributed by atoms with van der Waals surface area (Å²) in [4.78, 5) is 62.9. The third kappa shape index (κ3) is 9.80. The standard InChI is InChI=1S/C29H37FN4O4.C4H6O5/c1-28(2,31)26(36)32-24(18-38-17-20-8-5-4-6-9-20)25(35)34-15-7-14-29(19-34)23(16-33(3)27(29)37)21-10-12-22(30)13-11-21;5-2(4(8)9)1-3(6)7/h4-6,8-13,23-24H,7,14-19,31H2,1-3H3,(H,32,36);2,5H,1H2,(H,6,7)(H,8,9)/t23-,24+,29-;/m0./s1. The van der Waals surface area contributed by atoms with Crippen molar-refractivity contribution in [2.75, 3.05) is 33.3 Å². The Morgan fingerprint density at radius 1 is 1.11 bits per heavy atom. The molecule has 13 nitrogen and oxygen atoms in total. The number of benzene rings is 2. The van der Waals surface area contributed by atoms with Gasteiger partial charge in [0, 0.05) is 32.6 Å². The van der Waals surface area contributed by atoms with Crippen molar-refractivity contribution in [2.24, 2.45) is 11.1 Å². The molecule has 2 aliphatic rings. The minimum Gasteiger partial charge on any atom is -0.481 e. The van der Waals surface area contributed by atoms with Crippen molar-refractivity contribution in [2.45, 2.75) is 63.3 Å². The molecule has 0 saturated carbocycles. The van der Waals surface area contributed by atoms with E-state index in [4.69, 9.17) is 25.8 Å². The molecule has 2 heterocycles. The van der Waals surface area contributed by atoms with Gasteiger partial charge in [-0.25, -0.2) is 9.18 Å². The van der Waals surface area contributed by atoms with Crippen LogP contribution in [0.25, 0.3) is 0 Å². The molecule has 0 aliphatic carbocycles. The van der Waals surface area contributed by atoms with E-state index in [2.05, 4.69) is 5.32 Å². The lowest BCUT2D eigenvalue weighted by Crippen LogP contribution is -2.60. The lowest BCUT2D eigenvalue weighted by Gasteiger charge is -2.43. The molecule has 4 atom stereocenters. The second kappa shape index (κ2) is 15.9. The van der Waals surface area contributed by atoms with Gasteiger partial charge >= 0.3 is 11.9 Å². The first-order valence-electron chi connectivity index (χ1n) is 15.2. The zero-order chi connectivity index (χ0) is 34.9. The van der Waals surface area contributed by atoms with Crippen LogP contribution in [-0.2, 0) is 35.3 Å². The number of piperidine rings is 1. The topological polar surface area (TPSA) is 200 Å². The number of nitrogens with one attached hydrogen (secondary N) is 1. The van der Waals surface area contributed by atoms with Crippen molar-refractivity contribution >= 4 is 29.7 Å². The maximum Gasteiger partial charge on any atom is 0.333 e. The Kier molecular flexibility index (Phi) is 12.6. The van der Waals surface area contributed by atoms with Gasteiger partial charge in [0.15, 0.2) is 6.10 Å². The molecule has 0 aromatic heterocycles. The van der Waals surface area contributed by atoms with Crippen LogP contribution in [0.3, 0.4) is 0 Å². The lowest BCUT2D eigenvalue weighted by molar-refractivity contribution is -0.152. The van der Waals surface area contributed by atoms with E-state index in [0.29, 0.717) is 25.9 Å². The first-order valence-corrected chi connectivity index (χ1v) is 15.2. The number of aliphatic hydroxyl groups excluding tert-OH is 1. The molecule has 14 heteroatoms. The van der Waals surface area contributed by atoms with Crippen LogP contribution in [0, 0.1) is 11.2 Å². The second-order valence-corrected chi connectivity index (χ2v) is 12.5. The van der Waals surface area contributed by atoms with Crippen LogP contribution in [0.5, 0.6) is 0 Å². The first kappa shape index (κ1) is 37.1. The number of carbonyl (C=O) groups excluding carboxylic acids is 3. The highest BCUT2D eigenvalue weighted by Crippen LogP contribution is 2.49. The number of carboxylic acids is 2. The monoisotopic (exact) mass is 658 g/mol. The van der Waals surface area contributed by atoms with E-state index in [1.54, 1.807) is 42.8 Å². The SMILES string of the molecule is CN1C[C@@H](c2ccc(F)cc2)[C@@]2(CCCN(C(=O)[C@@H](COCc3ccccc3)NC(=O)C(C)(C)N)C2)C1=O.O=C(O)CC(O)C(=O)O. The van der Waals surface area contributed by atoms with E-state index >= 15 is 0 Å². The van der Waals surface area contributed by atoms with Crippen LogP contribution in [0.4, 0.5) is 4.39 Å². The predicted octanol–water partition coefficient (Wildman–Crippen LogP) is 1.34. The first-order chi connectivity index (χ1) is 22.0. The molecule has 2 fully saturated rings. The van der Waals surface area contributed by atoms with Crippen molar-refractivity contribution in [3.8, 4) is 0 Å². The van der Waals surface area contributed by atoms with Crippen molar-refractivity contribution in [1.29, 1.82) is 0 Å². The van der Waals surface area contributed by atoms with E-state index < -0.39 is 47.4 Å². The molecular formula is C33H43FN4O9. The Balaban J connectivity index is 0.000000584. The molecule has 1 unspecified atom stereocenters. The van der Waals surface area contributed by atoms with Crippen molar-refractivity contribution in [3.63, 3.8) is 0 Å². The quantitative estimate of drug-likeness (QED) is 0.235. The molecule has 0 radical (unpaired) electrons. The number of amides is 3. The lowest BCUT2D eigenvalue weighted by atomic mass is 9.69. The maximum absolute atomic E-state index is 13.8. The van der Waals surface area contributed by atoms with Gasteiger partial charge in [-0.3, -0.25) is 19.2 Å². The number of nitrogens with zero attached hydrogens (tertiary/aromatic N) is 2. The number of likely N-dealkylation sites (N-methyl/N-ethyl adjacent to an activating group) is 1. The third-order valence-corrected chi connectivity index (χ3v) is 8.24. The number of likely N-dealkylation sites (tertiary alicyclic amines) is 2. The highest BCUT2D eigenvalue weighted by atomic mass is 19.1. The van der Waals surface area contributed by atoms with Gasteiger partial charge in [-0.1, -0.05) is 42.5 Å². The van der Waals surface area contributed by atoms with Gasteiger partial charge < -0.3 is 40.9 Å². The summed E-state index contributed by atoms with van der Waals surface area (Å²) in [6.07, 6.45) is -1.28. The Bertz CT molecular complexity index is 1420. The molecular weight excluding hydrogens is 615 g/mol. The summed E-state index contributed by atoms with van der Waals surface area (Å²) < 4.78 is 19.5. The maximum atomic E-state index is 13.8. The van der Waals surface area contributed by atoms with E-state index in [-0.39, 0.29) is 43.3 Å². The van der Waals surface area contributed by atoms with Crippen molar-refractivity contribution in [3.05, 3.63) is 71.5 Å². The van der Waals surface area contributed by atoms with Crippen LogP contribution in [0.15, 0.2) is 54.6 Å². The van der Waals surface area contributed by atoms with Crippen LogP contribution in [0.1, 0.15) is 50.2 Å². The van der Waals surface area contributed by atoms with Gasteiger partial charge in [-0.15, -0.1) is 0 Å². The number of carboxylic acid groups (broad SMARTS) is 2. The zero-order valence-electron chi connectivity index (χ0n) is 26.7. The van der Waals surface area contributed by atoms with Crippen LogP contribution < -0.4 is 11.1 Å². The minimum absolute atomic E-state index is 0.0201. The largest absolute Gasteiger partial charge is 0.481 e. The molecule has 2 saturated heterocycles. The summed E-state index contributed by atoms with van der Waals surface area (Å²) in [7, 11) is 1.76. The van der Waals surface area contributed by atoms with E-state index in [1.807, 2.05) is 30.3 Å². The summed E-state index contributed by atoms with van der Waals surface area (Å²) in [6.45, 7) is 4.57. The normalized spacial score (nSPS) is 20.6. The van der Waals surface area contributed by atoms with Gasteiger partial charge in [0.25, 0.3) is 0 Å². The number of carbonyl (C=O) groups is 5. The van der Waals surface area contributed by atoms with Crippen molar-refractivity contribution in [1.82, 2.24) is 15.1 Å². The number of hydrogen-bond donors (Lipinski definition) is 5. The van der Waals surface area contributed by atoms with Crippen molar-refractivity contribution < 1.29 is 48.4 Å². The Morgan fingerprint density at radius 3 is 2.30 bits per heavy atom. The highest BCUT2D eigenvalue weighted by Gasteiger charge is 2.56. The van der Waals surface area contributed by atoms with Gasteiger partial charge in [-0.2, -0.15) is 0 Å². The van der Waals surface area contributed by atoms with E-state index in [1.165, 1.54) is 12.1 Å². The minimum atomic E-state index is -1.79. The summed E-state index contributed by atoms with van der Waals surface area (Å²) in [5, 5.41) is 26.9. The summed E-state index contributed by atoms with van der Waals surface area (Å²) >= 11 is 0. The van der Waals surface area contributed by atoms with Gasteiger partial charge in [-0.05, 0) is 49.9 Å². The highest BCUT2D eigenvalue weighted by molar-refractivity contribution is 5.93. The third-order valence-electron chi connectivity index (χ3n) is 8.24. The molecule has 2 aromatic carbocycles. The molecule has 47 heavy (non-hydrogen) atoms. The molecule has 0 bridgehead atoms. The zero-order valence-corrected chi connectivity index (χ0v) is 26.7. The Labute approximate surface area is 272 Å². The number of halogens is 1. The molecule has 3 amide bonds. The van der Waals surface area contributed by atoms with E-state index in [9.17, 15) is 28.4 Å². The van der Waals surface area contributed by atoms with Gasteiger partial charge in [0.05, 0.1) is 30.6 Å². The van der Waals surface area contributed by atoms with E-state index in [0.717, 1.165) is 11.1 Å².